The normalized spacial score (nSPS) is 21.3. The van der Waals surface area contributed by atoms with Crippen LogP contribution in [-0.2, 0) is 4.74 Å². The molecular weight excluding hydrogens is 410 g/mol. The predicted molar refractivity (Wildman–Crippen MR) is 118 cm³/mol. The van der Waals surface area contributed by atoms with Gasteiger partial charge in [-0.3, -0.25) is 10.3 Å². The molecule has 8 nitrogen and oxygen atoms in total. The van der Waals surface area contributed by atoms with E-state index in [2.05, 4.69) is 5.32 Å². The fourth-order valence-corrected chi connectivity index (χ4v) is 4.66. The number of phenols is 1. The van der Waals surface area contributed by atoms with E-state index in [-0.39, 0.29) is 24.7 Å². The number of benzene rings is 2. The van der Waals surface area contributed by atoms with Gasteiger partial charge in [-0.2, -0.15) is 0 Å². The number of nitrogens with one attached hydrogen (secondary N) is 1. The number of hydrogen-bond donors (Lipinski definition) is 2. The number of amides is 1. The summed E-state index contributed by atoms with van der Waals surface area (Å²) in [7, 11) is 0. The first-order valence-electron chi connectivity index (χ1n) is 11.0. The maximum atomic E-state index is 12.2. The quantitative estimate of drug-likeness (QED) is 0.762. The second kappa shape index (κ2) is 8.35. The van der Waals surface area contributed by atoms with Gasteiger partial charge in [0.15, 0.2) is 11.5 Å². The second-order valence-electron chi connectivity index (χ2n) is 8.30. The number of aromatic hydroxyl groups is 1. The average Bonchev–Trinajstić information content (AvgIpc) is 3.28. The van der Waals surface area contributed by atoms with Crippen molar-refractivity contribution in [1.29, 1.82) is 0 Å². The molecule has 3 aliphatic heterocycles. The number of nitrogens with zero attached hydrogens (tertiary/aromatic N) is 2. The van der Waals surface area contributed by atoms with Gasteiger partial charge in [0.2, 0.25) is 6.79 Å². The highest BCUT2D eigenvalue weighted by molar-refractivity contribution is 6.02. The first-order chi connectivity index (χ1) is 15.6. The molecule has 1 fully saturated rings. The SMILES string of the molecule is CCOC(=O)N1CCC2(CC1)N=C(c1ccc3c(c1)OCO3)C[C@@H](c1ccccc1O)N2. The first kappa shape index (κ1) is 20.6. The van der Waals surface area contributed by atoms with E-state index in [1.165, 1.54) is 0 Å². The van der Waals surface area contributed by atoms with Crippen LogP contribution in [0.25, 0.3) is 0 Å². The molecule has 32 heavy (non-hydrogen) atoms. The van der Waals surface area contributed by atoms with E-state index in [1.807, 2.05) is 43.3 Å². The lowest BCUT2D eigenvalue weighted by molar-refractivity contribution is 0.0778. The number of rotatable bonds is 3. The molecule has 2 aromatic rings. The van der Waals surface area contributed by atoms with Crippen molar-refractivity contribution in [1.82, 2.24) is 10.2 Å². The minimum Gasteiger partial charge on any atom is -0.508 e. The molecule has 3 heterocycles. The van der Waals surface area contributed by atoms with Crippen LogP contribution in [0.2, 0.25) is 0 Å². The molecule has 3 aliphatic rings. The highest BCUT2D eigenvalue weighted by atomic mass is 16.7. The summed E-state index contributed by atoms with van der Waals surface area (Å²) in [6.45, 7) is 3.50. The van der Waals surface area contributed by atoms with E-state index in [9.17, 15) is 9.90 Å². The summed E-state index contributed by atoms with van der Waals surface area (Å²) in [6.07, 6.45) is 1.66. The molecular formula is C24H27N3O5. The van der Waals surface area contributed by atoms with E-state index < -0.39 is 5.66 Å². The number of piperidine rings is 1. The van der Waals surface area contributed by atoms with Crippen molar-refractivity contribution >= 4 is 11.8 Å². The Labute approximate surface area is 186 Å². The first-order valence-corrected chi connectivity index (χ1v) is 11.0. The zero-order chi connectivity index (χ0) is 22.1. The number of carbonyl (C=O) groups excluding carboxylic acids is 1. The molecule has 2 N–H and O–H groups in total. The zero-order valence-corrected chi connectivity index (χ0v) is 18.0. The number of fused-ring (bicyclic) bond motifs is 1. The summed E-state index contributed by atoms with van der Waals surface area (Å²) in [4.78, 5) is 19.1. The van der Waals surface area contributed by atoms with Crippen molar-refractivity contribution < 1.29 is 24.1 Å². The molecule has 1 saturated heterocycles. The fourth-order valence-electron chi connectivity index (χ4n) is 4.66. The second-order valence-corrected chi connectivity index (χ2v) is 8.30. The maximum absolute atomic E-state index is 12.2. The summed E-state index contributed by atoms with van der Waals surface area (Å²) in [5, 5.41) is 14.2. The Morgan fingerprint density at radius 1 is 1.22 bits per heavy atom. The average molecular weight is 437 g/mol. The Morgan fingerprint density at radius 3 is 2.78 bits per heavy atom. The number of aliphatic imine (C=N–C) groups is 1. The molecule has 0 aromatic heterocycles. The summed E-state index contributed by atoms with van der Waals surface area (Å²) in [5.41, 5.74) is 2.23. The van der Waals surface area contributed by atoms with Crippen LogP contribution < -0.4 is 14.8 Å². The topological polar surface area (TPSA) is 92.6 Å². The predicted octanol–water partition coefficient (Wildman–Crippen LogP) is 3.59. The van der Waals surface area contributed by atoms with Gasteiger partial charge in [-0.1, -0.05) is 18.2 Å². The van der Waals surface area contributed by atoms with Gasteiger partial charge < -0.3 is 24.2 Å². The van der Waals surface area contributed by atoms with Crippen molar-refractivity contribution in [2.24, 2.45) is 4.99 Å². The van der Waals surface area contributed by atoms with Crippen LogP contribution in [0.5, 0.6) is 17.2 Å². The Bertz CT molecular complexity index is 1050. The van der Waals surface area contributed by atoms with Crippen LogP contribution in [0.15, 0.2) is 47.5 Å². The fraction of sp³-hybridized carbons (Fsp3) is 0.417. The molecule has 0 saturated carbocycles. The van der Waals surface area contributed by atoms with Gasteiger partial charge in [0.1, 0.15) is 11.4 Å². The molecule has 2 aromatic carbocycles. The molecule has 8 heteroatoms. The third-order valence-electron chi connectivity index (χ3n) is 6.32. The van der Waals surface area contributed by atoms with Gasteiger partial charge in [0, 0.05) is 49.7 Å². The Morgan fingerprint density at radius 2 is 2.00 bits per heavy atom. The molecule has 0 aliphatic carbocycles. The summed E-state index contributed by atoms with van der Waals surface area (Å²) in [5.74, 6) is 1.71. The van der Waals surface area contributed by atoms with Gasteiger partial charge in [0.05, 0.1) is 6.61 Å². The molecule has 1 spiro atoms. The van der Waals surface area contributed by atoms with Crippen molar-refractivity contribution in [3.05, 3.63) is 53.6 Å². The van der Waals surface area contributed by atoms with Gasteiger partial charge in [0.25, 0.3) is 0 Å². The summed E-state index contributed by atoms with van der Waals surface area (Å²) in [6, 6.07) is 13.2. The lowest BCUT2D eigenvalue weighted by Gasteiger charge is -2.45. The number of ether oxygens (including phenoxy) is 3. The van der Waals surface area contributed by atoms with Crippen molar-refractivity contribution in [3.8, 4) is 17.2 Å². The zero-order valence-electron chi connectivity index (χ0n) is 18.0. The third-order valence-corrected chi connectivity index (χ3v) is 6.32. The maximum Gasteiger partial charge on any atom is 0.409 e. The van der Waals surface area contributed by atoms with Gasteiger partial charge >= 0.3 is 6.09 Å². The Hall–Kier alpha value is -3.26. The minimum absolute atomic E-state index is 0.108. The highest BCUT2D eigenvalue weighted by Crippen LogP contribution is 2.39. The van der Waals surface area contributed by atoms with Crippen LogP contribution >= 0.6 is 0 Å². The standard InChI is InChI=1S/C24H27N3O5/c1-2-30-23(29)27-11-9-24(10-12-27)25-18(16-7-8-21-22(13-16)32-15-31-21)14-19(26-24)17-5-3-4-6-20(17)28/h3-8,13,19,26,28H,2,9-12,14-15H2,1H3/t19-/m0/s1. The van der Waals surface area contributed by atoms with E-state index in [1.54, 1.807) is 11.0 Å². The van der Waals surface area contributed by atoms with E-state index in [4.69, 9.17) is 19.2 Å². The van der Waals surface area contributed by atoms with Crippen molar-refractivity contribution in [3.63, 3.8) is 0 Å². The number of carbonyl (C=O) groups is 1. The van der Waals surface area contributed by atoms with Crippen LogP contribution in [0.1, 0.15) is 43.4 Å². The van der Waals surface area contributed by atoms with Crippen LogP contribution in [0.3, 0.4) is 0 Å². The Kier molecular flexibility index (Phi) is 5.38. The van der Waals surface area contributed by atoms with E-state index >= 15 is 0 Å². The third kappa shape index (κ3) is 3.86. The largest absolute Gasteiger partial charge is 0.508 e. The molecule has 1 atom stereocenters. The lowest BCUT2D eigenvalue weighted by Crippen LogP contribution is -2.56. The van der Waals surface area contributed by atoms with Gasteiger partial charge in [-0.05, 0) is 36.8 Å². The highest BCUT2D eigenvalue weighted by Gasteiger charge is 2.41. The lowest BCUT2D eigenvalue weighted by atomic mass is 9.87. The number of phenolic OH excluding ortho intramolecular Hbond substituents is 1. The van der Waals surface area contributed by atoms with Crippen LogP contribution in [0.4, 0.5) is 4.79 Å². The molecule has 168 valence electrons. The smallest absolute Gasteiger partial charge is 0.409 e. The molecule has 0 bridgehead atoms. The summed E-state index contributed by atoms with van der Waals surface area (Å²) < 4.78 is 16.2. The molecule has 0 unspecified atom stereocenters. The number of hydrogen-bond acceptors (Lipinski definition) is 7. The van der Waals surface area contributed by atoms with Crippen LogP contribution in [-0.4, -0.2) is 54.0 Å². The van der Waals surface area contributed by atoms with Crippen molar-refractivity contribution in [2.75, 3.05) is 26.5 Å². The summed E-state index contributed by atoms with van der Waals surface area (Å²) >= 11 is 0. The van der Waals surface area contributed by atoms with Crippen molar-refractivity contribution in [2.45, 2.75) is 37.9 Å². The molecule has 5 rings (SSSR count). The van der Waals surface area contributed by atoms with E-state index in [0.29, 0.717) is 44.7 Å². The number of para-hydroxylation sites is 1. The molecule has 0 radical (unpaired) electrons. The monoisotopic (exact) mass is 437 g/mol. The van der Waals surface area contributed by atoms with Gasteiger partial charge in [-0.15, -0.1) is 0 Å². The Balaban J connectivity index is 1.47. The number of likely N-dealkylation sites (tertiary alicyclic amines) is 1. The molecule has 1 amide bonds. The van der Waals surface area contributed by atoms with E-state index in [0.717, 1.165) is 22.6 Å². The minimum atomic E-state index is -0.528. The van der Waals surface area contributed by atoms with Crippen LogP contribution in [0, 0.1) is 0 Å². The van der Waals surface area contributed by atoms with Gasteiger partial charge in [-0.25, -0.2) is 4.79 Å².